The number of nitrogens with zero attached hydrogens (tertiary/aromatic N) is 3. The van der Waals surface area contributed by atoms with E-state index in [0.717, 1.165) is 22.3 Å². The summed E-state index contributed by atoms with van der Waals surface area (Å²) < 4.78 is 10.9. The van der Waals surface area contributed by atoms with Crippen LogP contribution in [0, 0.1) is 0 Å². The third kappa shape index (κ3) is 4.31. The fraction of sp³-hybridized carbons (Fsp3) is 0.174. The quantitative estimate of drug-likeness (QED) is 0.319. The Hall–Kier alpha value is -3.73. The van der Waals surface area contributed by atoms with E-state index < -0.39 is 7.12 Å². The van der Waals surface area contributed by atoms with Crippen molar-refractivity contribution in [1.29, 1.82) is 0 Å². The van der Waals surface area contributed by atoms with E-state index in [4.69, 9.17) is 9.07 Å². The second-order valence-corrected chi connectivity index (χ2v) is 7.75. The van der Waals surface area contributed by atoms with Crippen LogP contribution >= 0.6 is 0 Å². The average Bonchev–Trinajstić information content (AvgIpc) is 3.46. The van der Waals surface area contributed by atoms with E-state index in [0.29, 0.717) is 23.0 Å². The normalized spacial score (nSPS) is 15.8. The molecule has 0 saturated heterocycles. The summed E-state index contributed by atoms with van der Waals surface area (Å²) in [5.74, 6) is 0.899. The molecule has 2 aromatic carbocycles. The molecule has 5 rings (SSSR count). The molecule has 0 saturated carbocycles. The summed E-state index contributed by atoms with van der Waals surface area (Å²) in [5, 5.41) is 34.4. The molecule has 1 unspecified atom stereocenters. The molecule has 1 aliphatic rings. The average molecular weight is 443 g/mol. The van der Waals surface area contributed by atoms with Gasteiger partial charge in [-0.1, -0.05) is 36.4 Å². The van der Waals surface area contributed by atoms with Crippen molar-refractivity contribution in [2.45, 2.75) is 19.1 Å². The zero-order chi connectivity index (χ0) is 22.8. The molecule has 1 aliphatic heterocycles. The first-order valence-electron chi connectivity index (χ1n) is 10.6. The van der Waals surface area contributed by atoms with Crippen LogP contribution in [0.15, 0.2) is 71.6 Å². The molecule has 0 bridgehead atoms. The number of aromatic nitrogens is 3. The number of nitrogens with one attached hydrogen (secondary N) is 2. The molecule has 2 aromatic heterocycles. The van der Waals surface area contributed by atoms with Crippen molar-refractivity contribution >= 4 is 29.8 Å². The minimum atomic E-state index is -0.903. The van der Waals surface area contributed by atoms with Crippen molar-refractivity contribution in [3.8, 4) is 11.5 Å². The lowest BCUT2D eigenvalue weighted by atomic mass is 9.79. The van der Waals surface area contributed by atoms with Crippen molar-refractivity contribution in [3.63, 3.8) is 0 Å². The van der Waals surface area contributed by atoms with Crippen LogP contribution in [0.4, 0.5) is 17.2 Å². The Morgan fingerprint density at radius 2 is 2.00 bits per heavy atom. The van der Waals surface area contributed by atoms with Crippen molar-refractivity contribution in [1.82, 2.24) is 15.2 Å². The highest BCUT2D eigenvalue weighted by molar-refractivity contribution is 6.61. The van der Waals surface area contributed by atoms with Gasteiger partial charge in [-0.05, 0) is 35.6 Å². The second kappa shape index (κ2) is 9.03. The van der Waals surface area contributed by atoms with E-state index in [1.54, 1.807) is 6.20 Å². The molecule has 0 fully saturated rings. The first-order valence-corrected chi connectivity index (χ1v) is 10.6. The van der Waals surface area contributed by atoms with Gasteiger partial charge >= 0.3 is 7.12 Å². The molecule has 0 aliphatic carbocycles. The van der Waals surface area contributed by atoms with Crippen LogP contribution < -0.4 is 16.1 Å². The molecule has 0 amide bonds. The number of anilines is 3. The summed E-state index contributed by atoms with van der Waals surface area (Å²) >= 11 is 0. The van der Waals surface area contributed by atoms with Crippen LogP contribution in [-0.2, 0) is 4.65 Å². The van der Waals surface area contributed by atoms with Gasteiger partial charge in [-0.2, -0.15) is 0 Å². The standard InChI is InChI=1S/C23H22BN5O4/c1-14-17-9-16(7-8-19(17)24(31)33-14)27-22-10-20(18(11-25-22)23-29-26-13-32-23)28-21(12-30)15-5-3-2-4-6-15/h2-11,13-14,21,30-31H,12H2,1H3,(H2,25,27,28)/t14?,21-/m1/s1. The summed E-state index contributed by atoms with van der Waals surface area (Å²) in [5.41, 5.74) is 4.74. The van der Waals surface area contributed by atoms with Gasteiger partial charge in [0.15, 0.2) is 0 Å². The van der Waals surface area contributed by atoms with Gasteiger partial charge in [0.25, 0.3) is 5.89 Å². The van der Waals surface area contributed by atoms with E-state index >= 15 is 0 Å². The summed E-state index contributed by atoms with van der Waals surface area (Å²) in [6.45, 7) is 1.79. The Morgan fingerprint density at radius 3 is 2.76 bits per heavy atom. The van der Waals surface area contributed by atoms with E-state index in [2.05, 4.69) is 25.8 Å². The van der Waals surface area contributed by atoms with Gasteiger partial charge in [-0.25, -0.2) is 4.98 Å². The topological polar surface area (TPSA) is 126 Å². The lowest BCUT2D eigenvalue weighted by Crippen LogP contribution is -2.27. The maximum absolute atomic E-state index is 10.0. The van der Waals surface area contributed by atoms with Gasteiger partial charge in [0.05, 0.1) is 30.0 Å². The van der Waals surface area contributed by atoms with Gasteiger partial charge in [0.2, 0.25) is 6.39 Å². The zero-order valence-corrected chi connectivity index (χ0v) is 17.8. The largest absolute Gasteiger partial charge is 0.491 e. The van der Waals surface area contributed by atoms with Crippen molar-refractivity contribution in [3.05, 3.63) is 78.3 Å². The van der Waals surface area contributed by atoms with Gasteiger partial charge in [0.1, 0.15) is 5.82 Å². The fourth-order valence-electron chi connectivity index (χ4n) is 3.93. The van der Waals surface area contributed by atoms with Crippen LogP contribution in [0.1, 0.15) is 30.2 Å². The molecular weight excluding hydrogens is 421 g/mol. The van der Waals surface area contributed by atoms with E-state index in [-0.39, 0.29) is 18.8 Å². The van der Waals surface area contributed by atoms with Gasteiger partial charge in [-0.15, -0.1) is 10.2 Å². The highest BCUT2D eigenvalue weighted by atomic mass is 16.5. The number of rotatable bonds is 7. The molecule has 0 radical (unpaired) electrons. The molecule has 4 N–H and O–H groups in total. The first kappa shape index (κ1) is 21.1. The molecule has 166 valence electrons. The van der Waals surface area contributed by atoms with E-state index in [1.807, 2.05) is 61.5 Å². The minimum Gasteiger partial charge on any atom is -0.423 e. The predicted molar refractivity (Wildman–Crippen MR) is 124 cm³/mol. The Kier molecular flexibility index (Phi) is 5.78. The zero-order valence-electron chi connectivity index (χ0n) is 17.8. The number of aliphatic hydroxyl groups is 1. The molecule has 10 heteroatoms. The molecule has 2 atom stereocenters. The number of hydrogen-bond acceptors (Lipinski definition) is 9. The van der Waals surface area contributed by atoms with Crippen LogP contribution in [0.3, 0.4) is 0 Å². The molecule has 3 heterocycles. The van der Waals surface area contributed by atoms with Crippen LogP contribution in [0.5, 0.6) is 0 Å². The van der Waals surface area contributed by atoms with Gasteiger partial charge < -0.3 is 29.8 Å². The Morgan fingerprint density at radius 1 is 1.15 bits per heavy atom. The smallest absolute Gasteiger partial charge is 0.423 e. The third-order valence-electron chi connectivity index (χ3n) is 5.60. The monoisotopic (exact) mass is 443 g/mol. The second-order valence-electron chi connectivity index (χ2n) is 7.75. The van der Waals surface area contributed by atoms with Crippen molar-refractivity contribution < 1.29 is 19.2 Å². The van der Waals surface area contributed by atoms with Crippen molar-refractivity contribution in [2.24, 2.45) is 0 Å². The Bertz CT molecular complexity index is 1240. The molecule has 33 heavy (non-hydrogen) atoms. The van der Waals surface area contributed by atoms with Crippen LogP contribution in [0.2, 0.25) is 0 Å². The van der Waals surface area contributed by atoms with E-state index in [9.17, 15) is 10.1 Å². The molecule has 4 aromatic rings. The number of hydrogen-bond donors (Lipinski definition) is 4. The molecular formula is C23H22BN5O4. The Labute approximate surface area is 190 Å². The van der Waals surface area contributed by atoms with Gasteiger partial charge in [-0.3, -0.25) is 0 Å². The Balaban J connectivity index is 1.47. The third-order valence-corrected chi connectivity index (χ3v) is 5.60. The molecule has 0 spiro atoms. The number of fused-ring (bicyclic) bond motifs is 1. The summed E-state index contributed by atoms with van der Waals surface area (Å²) in [6.07, 6.45) is 2.70. The summed E-state index contributed by atoms with van der Waals surface area (Å²) in [4.78, 5) is 4.50. The summed E-state index contributed by atoms with van der Waals surface area (Å²) in [7, 11) is -0.903. The maximum Gasteiger partial charge on any atom is 0.491 e. The highest BCUT2D eigenvalue weighted by Crippen LogP contribution is 2.32. The van der Waals surface area contributed by atoms with E-state index in [1.165, 1.54) is 6.39 Å². The van der Waals surface area contributed by atoms with Crippen molar-refractivity contribution in [2.75, 3.05) is 17.2 Å². The van der Waals surface area contributed by atoms with Gasteiger partial charge in [0, 0.05) is 18.0 Å². The first-order chi connectivity index (χ1) is 16.1. The highest BCUT2D eigenvalue weighted by Gasteiger charge is 2.32. The molecule has 9 nitrogen and oxygen atoms in total. The lowest BCUT2D eigenvalue weighted by Gasteiger charge is -2.20. The summed E-state index contributed by atoms with van der Waals surface area (Å²) in [6, 6.07) is 16.8. The number of aliphatic hydroxyl groups excluding tert-OH is 1. The minimum absolute atomic E-state index is 0.108. The number of pyridine rings is 1. The van der Waals surface area contributed by atoms with Crippen LogP contribution in [0.25, 0.3) is 11.5 Å². The lowest BCUT2D eigenvalue weighted by molar-refractivity contribution is 0.209. The SMILES string of the molecule is CC1OB(O)c2ccc(Nc3cc(N[C@H](CO)c4ccccc4)c(-c4nnco4)cn3)cc21. The fourth-order valence-corrected chi connectivity index (χ4v) is 3.93. The predicted octanol–water partition coefficient (Wildman–Crippen LogP) is 2.80. The van der Waals surface area contributed by atoms with Crippen LogP contribution in [-0.4, -0.2) is 39.0 Å². The maximum atomic E-state index is 10.0. The number of benzene rings is 2.